The van der Waals surface area contributed by atoms with Gasteiger partial charge in [0.15, 0.2) is 0 Å². The van der Waals surface area contributed by atoms with Gasteiger partial charge < -0.3 is 14.4 Å². The Morgan fingerprint density at radius 3 is 2.38 bits per heavy atom. The van der Waals surface area contributed by atoms with E-state index in [-0.39, 0.29) is 24.4 Å². The molecule has 0 bridgehead atoms. The summed E-state index contributed by atoms with van der Waals surface area (Å²) in [6, 6.07) is 7.77. The number of benzene rings is 1. The van der Waals surface area contributed by atoms with Gasteiger partial charge in [0.2, 0.25) is 17.9 Å². The number of carbonyl (C=O) groups excluding carboxylic acids is 1. The number of piperidine rings is 1. The summed E-state index contributed by atoms with van der Waals surface area (Å²) >= 11 is 0. The Labute approximate surface area is 165 Å². The summed E-state index contributed by atoms with van der Waals surface area (Å²) in [5.74, 6) is -0.110. The van der Waals surface area contributed by atoms with Gasteiger partial charge in [-0.3, -0.25) is 4.79 Å². The van der Waals surface area contributed by atoms with Crippen LogP contribution in [0.15, 0.2) is 28.7 Å². The molecule has 1 saturated heterocycles. The number of aliphatic hydroxyl groups is 1. The van der Waals surface area contributed by atoms with Crippen molar-refractivity contribution in [2.45, 2.75) is 50.3 Å². The molecule has 1 aromatic heterocycles. The quantitative estimate of drug-likeness (QED) is 0.839. The van der Waals surface area contributed by atoms with Gasteiger partial charge in [-0.2, -0.15) is 13.2 Å². The molecule has 2 aromatic rings. The summed E-state index contributed by atoms with van der Waals surface area (Å²) < 4.78 is 43.7. The zero-order chi connectivity index (χ0) is 20.8. The lowest BCUT2D eigenvalue weighted by Gasteiger charge is -2.36. The predicted octanol–water partition coefficient (Wildman–Crippen LogP) is 3.24. The summed E-state index contributed by atoms with van der Waals surface area (Å²) in [6.07, 6.45) is -5.06. The highest BCUT2D eigenvalue weighted by Gasteiger charge is 2.56. The SMILES string of the molecule is Cc1ccc(-c2nnc(C3(C4CCN(C(=O)[C@H](O)C(F)(F)F)CC4)CC3)o2)cc1. The van der Waals surface area contributed by atoms with Gasteiger partial charge in [-0.05, 0) is 50.7 Å². The van der Waals surface area contributed by atoms with E-state index in [1.807, 2.05) is 31.2 Å². The van der Waals surface area contributed by atoms with Crippen molar-refractivity contribution in [3.05, 3.63) is 35.7 Å². The van der Waals surface area contributed by atoms with Crippen LogP contribution in [0.3, 0.4) is 0 Å². The number of aliphatic hydroxyl groups excluding tert-OH is 1. The van der Waals surface area contributed by atoms with Gasteiger partial charge in [-0.25, -0.2) is 0 Å². The molecule has 1 aromatic carbocycles. The molecule has 1 atom stereocenters. The number of amides is 1. The Bertz CT molecular complexity index is 882. The molecule has 1 N–H and O–H groups in total. The predicted molar refractivity (Wildman–Crippen MR) is 96.7 cm³/mol. The Hall–Kier alpha value is -2.42. The standard InChI is InChI=1S/C20H22F3N3O3/c1-12-2-4-13(5-3-12)16-24-25-18(29-16)19(8-9-19)14-6-10-26(11-7-14)17(28)15(27)20(21,22)23/h2-5,14-15,27H,6-11H2,1H3/t15-/m0/s1. The molecule has 1 saturated carbocycles. The van der Waals surface area contributed by atoms with Crippen LogP contribution in [-0.4, -0.2) is 51.5 Å². The van der Waals surface area contributed by atoms with Gasteiger partial charge in [0, 0.05) is 18.7 Å². The molecular formula is C20H22F3N3O3. The van der Waals surface area contributed by atoms with Gasteiger partial charge in [-0.1, -0.05) is 17.7 Å². The van der Waals surface area contributed by atoms with Crippen molar-refractivity contribution in [2.24, 2.45) is 5.92 Å². The normalized spacial score (nSPS) is 20.5. The highest BCUT2D eigenvalue weighted by molar-refractivity contribution is 5.81. The van der Waals surface area contributed by atoms with Gasteiger partial charge in [-0.15, -0.1) is 10.2 Å². The van der Waals surface area contributed by atoms with E-state index in [9.17, 15) is 23.1 Å². The van der Waals surface area contributed by atoms with Crippen LogP contribution in [0.1, 0.15) is 37.1 Å². The van der Waals surface area contributed by atoms with Crippen LogP contribution in [-0.2, 0) is 10.2 Å². The van der Waals surface area contributed by atoms with Gasteiger partial charge in [0.05, 0.1) is 5.41 Å². The fourth-order valence-corrected chi connectivity index (χ4v) is 4.13. The number of rotatable bonds is 4. The molecular weight excluding hydrogens is 387 g/mol. The number of hydrogen-bond donors (Lipinski definition) is 1. The third kappa shape index (κ3) is 3.75. The summed E-state index contributed by atoms with van der Waals surface area (Å²) in [5.41, 5.74) is 1.71. The summed E-state index contributed by atoms with van der Waals surface area (Å²) in [6.45, 7) is 2.35. The fourth-order valence-electron chi connectivity index (χ4n) is 4.13. The number of likely N-dealkylation sites (tertiary alicyclic amines) is 1. The van der Waals surface area contributed by atoms with Crippen molar-refractivity contribution in [2.75, 3.05) is 13.1 Å². The number of alkyl halides is 3. The Morgan fingerprint density at radius 1 is 1.21 bits per heavy atom. The molecule has 1 aliphatic carbocycles. The number of carbonyl (C=O) groups is 1. The molecule has 2 aliphatic rings. The van der Waals surface area contributed by atoms with E-state index in [1.54, 1.807) is 0 Å². The van der Waals surface area contributed by atoms with E-state index in [4.69, 9.17) is 4.42 Å². The molecule has 9 heteroatoms. The van der Waals surface area contributed by atoms with Crippen molar-refractivity contribution in [1.82, 2.24) is 15.1 Å². The fraction of sp³-hybridized carbons (Fsp3) is 0.550. The molecule has 1 amide bonds. The molecule has 0 unspecified atom stereocenters. The minimum Gasteiger partial charge on any atom is -0.420 e. The summed E-state index contributed by atoms with van der Waals surface area (Å²) in [5, 5.41) is 17.6. The molecule has 2 fully saturated rings. The number of aromatic nitrogens is 2. The molecule has 1 aliphatic heterocycles. The minimum atomic E-state index is -4.94. The van der Waals surface area contributed by atoms with Crippen molar-refractivity contribution in [1.29, 1.82) is 0 Å². The second kappa shape index (κ2) is 7.12. The average molecular weight is 409 g/mol. The molecule has 4 rings (SSSR count). The Morgan fingerprint density at radius 2 is 1.83 bits per heavy atom. The Balaban J connectivity index is 1.43. The van der Waals surface area contributed by atoms with Crippen LogP contribution >= 0.6 is 0 Å². The third-order valence-electron chi connectivity index (χ3n) is 6.07. The van der Waals surface area contributed by atoms with E-state index in [1.165, 1.54) is 0 Å². The molecule has 156 valence electrons. The maximum atomic E-state index is 12.6. The van der Waals surface area contributed by atoms with Crippen LogP contribution in [0.4, 0.5) is 13.2 Å². The first-order valence-electron chi connectivity index (χ1n) is 9.65. The van der Waals surface area contributed by atoms with Crippen LogP contribution in [0.25, 0.3) is 11.5 Å². The maximum absolute atomic E-state index is 12.6. The number of hydrogen-bond acceptors (Lipinski definition) is 5. The van der Waals surface area contributed by atoms with Crippen molar-refractivity contribution in [3.63, 3.8) is 0 Å². The first-order chi connectivity index (χ1) is 13.7. The zero-order valence-electron chi connectivity index (χ0n) is 15.9. The van der Waals surface area contributed by atoms with Crippen LogP contribution < -0.4 is 0 Å². The van der Waals surface area contributed by atoms with Gasteiger partial charge >= 0.3 is 6.18 Å². The lowest BCUT2D eigenvalue weighted by Crippen LogP contribution is -2.50. The molecule has 6 nitrogen and oxygen atoms in total. The zero-order valence-corrected chi connectivity index (χ0v) is 15.9. The van der Waals surface area contributed by atoms with Crippen LogP contribution in [0, 0.1) is 12.8 Å². The average Bonchev–Trinajstić information content (AvgIpc) is 3.36. The second-order valence-electron chi connectivity index (χ2n) is 7.98. The topological polar surface area (TPSA) is 79.5 Å². The number of halogens is 3. The van der Waals surface area contributed by atoms with Crippen molar-refractivity contribution >= 4 is 5.91 Å². The van der Waals surface area contributed by atoms with Crippen LogP contribution in [0.5, 0.6) is 0 Å². The highest BCUT2D eigenvalue weighted by Crippen LogP contribution is 2.56. The third-order valence-corrected chi connectivity index (χ3v) is 6.07. The van der Waals surface area contributed by atoms with E-state index in [2.05, 4.69) is 10.2 Å². The minimum absolute atomic E-state index is 0.154. The monoisotopic (exact) mass is 409 g/mol. The summed E-state index contributed by atoms with van der Waals surface area (Å²) in [7, 11) is 0. The van der Waals surface area contributed by atoms with E-state index < -0.39 is 18.2 Å². The molecule has 0 spiro atoms. The Kier molecular flexibility index (Phi) is 4.88. The number of nitrogens with zero attached hydrogens (tertiary/aromatic N) is 3. The van der Waals surface area contributed by atoms with Crippen LogP contribution in [0.2, 0.25) is 0 Å². The van der Waals surface area contributed by atoms with Gasteiger partial charge in [0.1, 0.15) is 0 Å². The maximum Gasteiger partial charge on any atom is 0.423 e. The molecule has 2 heterocycles. The highest BCUT2D eigenvalue weighted by atomic mass is 19.4. The number of aryl methyl sites for hydroxylation is 1. The largest absolute Gasteiger partial charge is 0.423 e. The van der Waals surface area contributed by atoms with Crippen molar-refractivity contribution in [3.8, 4) is 11.5 Å². The first kappa shape index (κ1) is 19.9. The van der Waals surface area contributed by atoms with E-state index in [0.29, 0.717) is 24.6 Å². The molecule has 0 radical (unpaired) electrons. The smallest absolute Gasteiger partial charge is 0.420 e. The van der Waals surface area contributed by atoms with E-state index >= 15 is 0 Å². The lowest BCUT2D eigenvalue weighted by molar-refractivity contribution is -0.211. The van der Waals surface area contributed by atoms with E-state index in [0.717, 1.165) is 28.9 Å². The molecule has 29 heavy (non-hydrogen) atoms. The second-order valence-corrected chi connectivity index (χ2v) is 7.98. The first-order valence-corrected chi connectivity index (χ1v) is 9.65. The summed E-state index contributed by atoms with van der Waals surface area (Å²) in [4.78, 5) is 13.0. The van der Waals surface area contributed by atoms with Gasteiger partial charge in [0.25, 0.3) is 5.91 Å². The van der Waals surface area contributed by atoms with Crippen molar-refractivity contribution < 1.29 is 27.5 Å². The lowest BCUT2D eigenvalue weighted by atomic mass is 9.81.